The summed E-state index contributed by atoms with van der Waals surface area (Å²) in [6.45, 7) is 10.3. The number of hydrogen-bond donors (Lipinski definition) is 2. The van der Waals surface area contributed by atoms with Crippen LogP contribution in [0.3, 0.4) is 0 Å². The molecule has 0 radical (unpaired) electrons. The normalized spacial score (nSPS) is 13.5. The molecule has 0 amide bonds. The van der Waals surface area contributed by atoms with E-state index in [9.17, 15) is 0 Å². The molecule has 1 unspecified atom stereocenters. The maximum atomic E-state index is 8.84. The highest BCUT2D eigenvalue weighted by molar-refractivity contribution is 5.44. The Bertz CT molecular complexity index is 324. The number of aliphatic hydroxyl groups is 1. The van der Waals surface area contributed by atoms with Crippen molar-refractivity contribution in [2.45, 2.75) is 34.1 Å². The fourth-order valence-electron chi connectivity index (χ4n) is 1.50. The lowest BCUT2D eigenvalue weighted by atomic mass is 9.82. The van der Waals surface area contributed by atoms with Crippen molar-refractivity contribution in [3.63, 3.8) is 0 Å². The average Bonchev–Trinajstić information content (AvgIpc) is 2.27. The Kier molecular flexibility index (Phi) is 5.01. The maximum Gasteiger partial charge on any atom is 0.0471 e. The Balaban J connectivity index is 2.47. The molecule has 0 spiro atoms. The molecule has 1 atom stereocenters. The Labute approximate surface area is 105 Å². The van der Waals surface area contributed by atoms with E-state index in [0.717, 1.165) is 18.7 Å². The smallest absolute Gasteiger partial charge is 0.0471 e. The van der Waals surface area contributed by atoms with E-state index in [4.69, 9.17) is 5.11 Å². The lowest BCUT2D eigenvalue weighted by Gasteiger charge is -2.27. The summed E-state index contributed by atoms with van der Waals surface area (Å²) >= 11 is 0. The third-order valence-corrected chi connectivity index (χ3v) is 3.45. The fraction of sp³-hybridized carbons (Fsp3) is 0.600. The molecule has 17 heavy (non-hydrogen) atoms. The van der Waals surface area contributed by atoms with Crippen LogP contribution < -0.4 is 5.32 Å². The van der Waals surface area contributed by atoms with Crippen LogP contribution in [0, 0.1) is 11.3 Å². The Morgan fingerprint density at radius 1 is 1.18 bits per heavy atom. The standard InChI is InChI=1S/C15H25NO/c1-12(15(2,3)4)11-16-14-7-5-13(6-8-14)9-10-17/h5-8,12,16-17H,9-11H2,1-4H3. The molecular weight excluding hydrogens is 210 g/mol. The van der Waals surface area contributed by atoms with Gasteiger partial charge in [0.05, 0.1) is 0 Å². The number of nitrogens with one attached hydrogen (secondary N) is 1. The van der Waals surface area contributed by atoms with Gasteiger partial charge in [0, 0.05) is 18.8 Å². The van der Waals surface area contributed by atoms with Gasteiger partial charge in [0.1, 0.15) is 0 Å². The fourth-order valence-corrected chi connectivity index (χ4v) is 1.50. The zero-order valence-corrected chi connectivity index (χ0v) is 11.5. The summed E-state index contributed by atoms with van der Waals surface area (Å²) in [6.07, 6.45) is 0.735. The molecular formula is C15H25NO. The van der Waals surface area contributed by atoms with Gasteiger partial charge in [-0.3, -0.25) is 0 Å². The van der Waals surface area contributed by atoms with E-state index in [1.165, 1.54) is 5.56 Å². The molecule has 0 saturated heterocycles. The lowest BCUT2D eigenvalue weighted by Crippen LogP contribution is -2.24. The van der Waals surface area contributed by atoms with Gasteiger partial charge in [-0.1, -0.05) is 39.8 Å². The van der Waals surface area contributed by atoms with Crippen LogP contribution in [0.5, 0.6) is 0 Å². The van der Waals surface area contributed by atoms with Crippen LogP contribution in [0.1, 0.15) is 33.3 Å². The van der Waals surface area contributed by atoms with Crippen molar-refractivity contribution in [3.8, 4) is 0 Å². The number of benzene rings is 1. The van der Waals surface area contributed by atoms with E-state index in [1.807, 2.05) is 0 Å². The molecule has 0 aliphatic heterocycles. The molecule has 0 aliphatic carbocycles. The first-order chi connectivity index (χ1) is 7.93. The molecule has 2 nitrogen and oxygen atoms in total. The summed E-state index contributed by atoms with van der Waals surface area (Å²) in [6, 6.07) is 8.31. The lowest BCUT2D eigenvalue weighted by molar-refractivity contribution is 0.274. The van der Waals surface area contributed by atoms with Crippen molar-refractivity contribution >= 4 is 5.69 Å². The van der Waals surface area contributed by atoms with Gasteiger partial charge in [0.15, 0.2) is 0 Å². The zero-order chi connectivity index (χ0) is 12.9. The third-order valence-electron chi connectivity index (χ3n) is 3.45. The number of rotatable bonds is 5. The molecule has 0 heterocycles. The van der Waals surface area contributed by atoms with Crippen LogP contribution in [0.25, 0.3) is 0 Å². The number of hydrogen-bond acceptors (Lipinski definition) is 2. The van der Waals surface area contributed by atoms with Crippen LogP contribution in [0.2, 0.25) is 0 Å². The van der Waals surface area contributed by atoms with Crippen molar-refractivity contribution in [1.29, 1.82) is 0 Å². The molecule has 1 aromatic carbocycles. The predicted molar refractivity (Wildman–Crippen MR) is 74.3 cm³/mol. The van der Waals surface area contributed by atoms with Crippen molar-refractivity contribution < 1.29 is 5.11 Å². The Morgan fingerprint density at radius 2 is 1.76 bits per heavy atom. The minimum Gasteiger partial charge on any atom is -0.396 e. The van der Waals surface area contributed by atoms with E-state index in [0.29, 0.717) is 11.3 Å². The third kappa shape index (κ3) is 4.78. The zero-order valence-electron chi connectivity index (χ0n) is 11.5. The highest BCUT2D eigenvalue weighted by Crippen LogP contribution is 2.25. The van der Waals surface area contributed by atoms with Gasteiger partial charge in [-0.2, -0.15) is 0 Å². The predicted octanol–water partition coefficient (Wildman–Crippen LogP) is 3.32. The minimum absolute atomic E-state index is 0.216. The first-order valence-corrected chi connectivity index (χ1v) is 6.37. The van der Waals surface area contributed by atoms with Gasteiger partial charge >= 0.3 is 0 Å². The number of aliphatic hydroxyl groups excluding tert-OH is 1. The van der Waals surface area contributed by atoms with Crippen molar-refractivity contribution in [2.75, 3.05) is 18.5 Å². The van der Waals surface area contributed by atoms with E-state index < -0.39 is 0 Å². The van der Waals surface area contributed by atoms with Crippen LogP contribution in [0.15, 0.2) is 24.3 Å². The molecule has 0 fully saturated rings. The van der Waals surface area contributed by atoms with E-state index in [-0.39, 0.29) is 6.61 Å². The quantitative estimate of drug-likeness (QED) is 0.820. The molecule has 0 bridgehead atoms. The SMILES string of the molecule is CC(CNc1ccc(CCO)cc1)C(C)(C)C. The van der Waals surface area contributed by atoms with Gasteiger partial charge in [0.25, 0.3) is 0 Å². The summed E-state index contributed by atoms with van der Waals surface area (Å²) in [5.74, 6) is 0.625. The highest BCUT2D eigenvalue weighted by Gasteiger charge is 2.19. The van der Waals surface area contributed by atoms with Gasteiger partial charge in [-0.15, -0.1) is 0 Å². The first kappa shape index (κ1) is 14.0. The van der Waals surface area contributed by atoms with Crippen LogP contribution in [0.4, 0.5) is 5.69 Å². The average molecular weight is 235 g/mol. The van der Waals surface area contributed by atoms with Gasteiger partial charge in [-0.25, -0.2) is 0 Å². The monoisotopic (exact) mass is 235 g/mol. The van der Waals surface area contributed by atoms with Crippen LogP contribution in [-0.4, -0.2) is 18.3 Å². The minimum atomic E-state index is 0.216. The Hall–Kier alpha value is -1.02. The van der Waals surface area contributed by atoms with Gasteiger partial charge in [-0.05, 0) is 35.4 Å². The summed E-state index contributed by atoms with van der Waals surface area (Å²) in [5.41, 5.74) is 2.67. The molecule has 96 valence electrons. The second kappa shape index (κ2) is 6.06. The topological polar surface area (TPSA) is 32.3 Å². The molecule has 1 aromatic rings. The molecule has 1 rings (SSSR count). The molecule has 0 saturated carbocycles. The van der Waals surface area contributed by atoms with E-state index in [1.54, 1.807) is 0 Å². The van der Waals surface area contributed by atoms with Crippen LogP contribution in [-0.2, 0) is 6.42 Å². The first-order valence-electron chi connectivity index (χ1n) is 6.37. The summed E-state index contributed by atoms with van der Waals surface area (Å²) in [5, 5.41) is 12.3. The maximum absolute atomic E-state index is 8.84. The largest absolute Gasteiger partial charge is 0.396 e. The summed E-state index contributed by atoms with van der Waals surface area (Å²) in [7, 11) is 0. The second-order valence-corrected chi connectivity index (χ2v) is 5.82. The molecule has 0 aliphatic rings. The summed E-state index contributed by atoms with van der Waals surface area (Å²) < 4.78 is 0. The number of anilines is 1. The van der Waals surface area contributed by atoms with Crippen LogP contribution >= 0.6 is 0 Å². The molecule has 2 N–H and O–H groups in total. The van der Waals surface area contributed by atoms with E-state index >= 15 is 0 Å². The second-order valence-electron chi connectivity index (χ2n) is 5.82. The molecule has 2 heteroatoms. The van der Waals surface area contributed by atoms with E-state index in [2.05, 4.69) is 57.3 Å². The Morgan fingerprint density at radius 3 is 2.24 bits per heavy atom. The van der Waals surface area contributed by atoms with Gasteiger partial charge in [0.2, 0.25) is 0 Å². The van der Waals surface area contributed by atoms with Crippen molar-refractivity contribution in [3.05, 3.63) is 29.8 Å². The van der Waals surface area contributed by atoms with Gasteiger partial charge < -0.3 is 10.4 Å². The highest BCUT2D eigenvalue weighted by atomic mass is 16.2. The van der Waals surface area contributed by atoms with Crippen molar-refractivity contribution in [1.82, 2.24) is 0 Å². The van der Waals surface area contributed by atoms with Crippen molar-refractivity contribution in [2.24, 2.45) is 11.3 Å². The molecule has 0 aromatic heterocycles. The summed E-state index contributed by atoms with van der Waals surface area (Å²) in [4.78, 5) is 0.